The Kier molecular flexibility index (Phi) is 7.69. The molecule has 0 amide bonds. The lowest BCUT2D eigenvalue weighted by molar-refractivity contribution is 0.282. The van der Waals surface area contributed by atoms with Gasteiger partial charge in [-0.2, -0.15) is 0 Å². The molecule has 0 saturated carbocycles. The van der Waals surface area contributed by atoms with Crippen molar-refractivity contribution in [1.82, 2.24) is 0 Å². The molecule has 1 rings (SSSR count). The molecule has 1 aromatic rings. The number of benzene rings is 1. The topological polar surface area (TPSA) is 46.2 Å². The third-order valence-corrected chi connectivity index (χ3v) is 3.03. The SMILES string of the molecule is NCCCc1cccc(CCCCCCO)c1. The second-order valence-electron chi connectivity index (χ2n) is 4.60. The van der Waals surface area contributed by atoms with Crippen molar-refractivity contribution in [3.05, 3.63) is 35.4 Å². The Morgan fingerprint density at radius 1 is 0.882 bits per heavy atom. The van der Waals surface area contributed by atoms with Gasteiger partial charge in [-0.25, -0.2) is 0 Å². The minimum atomic E-state index is 0.328. The van der Waals surface area contributed by atoms with E-state index in [9.17, 15) is 0 Å². The number of nitrogens with two attached hydrogens (primary N) is 1. The molecule has 0 radical (unpaired) electrons. The highest BCUT2D eigenvalue weighted by molar-refractivity contribution is 5.23. The van der Waals surface area contributed by atoms with Crippen LogP contribution < -0.4 is 5.73 Å². The number of aryl methyl sites for hydroxylation is 2. The van der Waals surface area contributed by atoms with Crippen LogP contribution in [0.3, 0.4) is 0 Å². The van der Waals surface area contributed by atoms with Gasteiger partial charge in [0.1, 0.15) is 0 Å². The highest BCUT2D eigenvalue weighted by atomic mass is 16.2. The molecule has 2 nitrogen and oxygen atoms in total. The summed E-state index contributed by atoms with van der Waals surface area (Å²) >= 11 is 0. The van der Waals surface area contributed by atoms with E-state index in [0.717, 1.165) is 38.6 Å². The fraction of sp³-hybridized carbons (Fsp3) is 0.600. The fourth-order valence-electron chi connectivity index (χ4n) is 2.04. The zero-order chi connectivity index (χ0) is 12.3. The van der Waals surface area contributed by atoms with Crippen LogP contribution in [0.1, 0.15) is 43.2 Å². The zero-order valence-corrected chi connectivity index (χ0v) is 10.7. The zero-order valence-electron chi connectivity index (χ0n) is 10.7. The summed E-state index contributed by atoms with van der Waals surface area (Å²) in [5, 5.41) is 8.69. The number of rotatable bonds is 9. The summed E-state index contributed by atoms with van der Waals surface area (Å²) in [5.74, 6) is 0. The number of hydrogen-bond donors (Lipinski definition) is 2. The van der Waals surface area contributed by atoms with Crippen LogP contribution in [0.4, 0.5) is 0 Å². The van der Waals surface area contributed by atoms with E-state index in [1.54, 1.807) is 0 Å². The summed E-state index contributed by atoms with van der Waals surface area (Å²) in [5.41, 5.74) is 8.36. The lowest BCUT2D eigenvalue weighted by Gasteiger charge is -2.05. The summed E-state index contributed by atoms with van der Waals surface area (Å²) in [6.45, 7) is 1.10. The van der Waals surface area contributed by atoms with Gasteiger partial charge in [0.05, 0.1) is 0 Å². The summed E-state index contributed by atoms with van der Waals surface area (Å²) < 4.78 is 0. The van der Waals surface area contributed by atoms with Crippen LogP contribution in [0.5, 0.6) is 0 Å². The van der Waals surface area contributed by atoms with E-state index in [1.165, 1.54) is 24.0 Å². The Labute approximate surface area is 105 Å². The molecular formula is C15H25NO. The first-order chi connectivity index (χ1) is 8.36. The fourth-order valence-corrected chi connectivity index (χ4v) is 2.04. The van der Waals surface area contributed by atoms with E-state index in [0.29, 0.717) is 6.61 Å². The van der Waals surface area contributed by atoms with Crippen LogP contribution in [0.25, 0.3) is 0 Å². The molecule has 0 fully saturated rings. The summed E-state index contributed by atoms with van der Waals surface area (Å²) in [6, 6.07) is 8.85. The Morgan fingerprint density at radius 2 is 1.53 bits per heavy atom. The Morgan fingerprint density at radius 3 is 2.18 bits per heavy atom. The Bertz CT molecular complexity index is 299. The van der Waals surface area contributed by atoms with E-state index < -0.39 is 0 Å². The maximum Gasteiger partial charge on any atom is 0.0431 e. The average molecular weight is 235 g/mol. The van der Waals surface area contributed by atoms with Gasteiger partial charge in [0.2, 0.25) is 0 Å². The quantitative estimate of drug-likeness (QED) is 0.646. The molecule has 0 atom stereocenters. The standard InChI is InChI=1S/C15H25NO/c16-11-6-10-15-9-5-8-14(13-15)7-3-1-2-4-12-17/h5,8-9,13,17H,1-4,6-7,10-12,16H2. The largest absolute Gasteiger partial charge is 0.396 e. The second kappa shape index (κ2) is 9.20. The molecule has 96 valence electrons. The normalized spacial score (nSPS) is 10.7. The van der Waals surface area contributed by atoms with Crippen LogP contribution in [0.2, 0.25) is 0 Å². The molecule has 0 aliphatic rings. The monoisotopic (exact) mass is 235 g/mol. The summed E-state index contributed by atoms with van der Waals surface area (Å²) in [4.78, 5) is 0. The van der Waals surface area contributed by atoms with Gasteiger partial charge >= 0.3 is 0 Å². The molecule has 0 aliphatic heterocycles. The molecule has 0 heterocycles. The van der Waals surface area contributed by atoms with Crippen LogP contribution in [0, 0.1) is 0 Å². The molecule has 0 aromatic heterocycles. The molecule has 1 aromatic carbocycles. The van der Waals surface area contributed by atoms with Gasteiger partial charge in [-0.3, -0.25) is 0 Å². The molecule has 0 unspecified atom stereocenters. The number of unbranched alkanes of at least 4 members (excludes halogenated alkanes) is 3. The smallest absolute Gasteiger partial charge is 0.0431 e. The van der Waals surface area contributed by atoms with Crippen molar-refractivity contribution in [2.24, 2.45) is 5.73 Å². The molecule has 17 heavy (non-hydrogen) atoms. The van der Waals surface area contributed by atoms with Crippen molar-refractivity contribution in [2.75, 3.05) is 13.2 Å². The van der Waals surface area contributed by atoms with Gasteiger partial charge in [0.25, 0.3) is 0 Å². The first-order valence-corrected chi connectivity index (χ1v) is 6.75. The summed E-state index contributed by atoms with van der Waals surface area (Å²) in [7, 11) is 0. The van der Waals surface area contributed by atoms with Crippen LogP contribution in [-0.2, 0) is 12.8 Å². The van der Waals surface area contributed by atoms with Crippen molar-refractivity contribution in [3.8, 4) is 0 Å². The van der Waals surface area contributed by atoms with Crippen molar-refractivity contribution in [1.29, 1.82) is 0 Å². The van der Waals surface area contributed by atoms with Crippen molar-refractivity contribution < 1.29 is 5.11 Å². The molecule has 0 spiro atoms. The first-order valence-electron chi connectivity index (χ1n) is 6.75. The Balaban J connectivity index is 2.27. The van der Waals surface area contributed by atoms with Gasteiger partial charge in [-0.05, 0) is 49.8 Å². The maximum atomic E-state index is 8.69. The molecular weight excluding hydrogens is 210 g/mol. The predicted molar refractivity (Wildman–Crippen MR) is 73.1 cm³/mol. The van der Waals surface area contributed by atoms with E-state index in [4.69, 9.17) is 10.8 Å². The third kappa shape index (κ3) is 6.44. The van der Waals surface area contributed by atoms with Crippen LogP contribution in [0.15, 0.2) is 24.3 Å². The van der Waals surface area contributed by atoms with E-state index in [-0.39, 0.29) is 0 Å². The van der Waals surface area contributed by atoms with Gasteiger partial charge in [-0.1, -0.05) is 37.1 Å². The molecule has 0 saturated heterocycles. The van der Waals surface area contributed by atoms with Crippen molar-refractivity contribution in [3.63, 3.8) is 0 Å². The van der Waals surface area contributed by atoms with Crippen LogP contribution in [-0.4, -0.2) is 18.3 Å². The van der Waals surface area contributed by atoms with Gasteiger partial charge < -0.3 is 10.8 Å². The highest BCUT2D eigenvalue weighted by Crippen LogP contribution is 2.11. The molecule has 0 bridgehead atoms. The van der Waals surface area contributed by atoms with Crippen LogP contribution >= 0.6 is 0 Å². The van der Waals surface area contributed by atoms with E-state index >= 15 is 0 Å². The van der Waals surface area contributed by atoms with Crippen molar-refractivity contribution >= 4 is 0 Å². The highest BCUT2D eigenvalue weighted by Gasteiger charge is 1.97. The van der Waals surface area contributed by atoms with E-state index in [1.807, 2.05) is 0 Å². The lowest BCUT2D eigenvalue weighted by Crippen LogP contribution is -2.00. The summed E-state index contributed by atoms with van der Waals surface area (Å²) in [6.07, 6.45) is 7.84. The van der Waals surface area contributed by atoms with Gasteiger partial charge in [-0.15, -0.1) is 0 Å². The number of aliphatic hydroxyl groups is 1. The number of hydrogen-bond acceptors (Lipinski definition) is 2. The second-order valence-corrected chi connectivity index (χ2v) is 4.60. The molecule has 2 heteroatoms. The lowest BCUT2D eigenvalue weighted by atomic mass is 10.0. The van der Waals surface area contributed by atoms with Gasteiger partial charge in [0, 0.05) is 6.61 Å². The molecule has 3 N–H and O–H groups in total. The third-order valence-electron chi connectivity index (χ3n) is 3.03. The first kappa shape index (κ1) is 14.2. The maximum absolute atomic E-state index is 8.69. The van der Waals surface area contributed by atoms with Crippen molar-refractivity contribution in [2.45, 2.75) is 44.9 Å². The Hall–Kier alpha value is -0.860. The minimum absolute atomic E-state index is 0.328. The average Bonchev–Trinajstić information content (AvgIpc) is 2.37. The predicted octanol–water partition coefficient (Wildman–Crippen LogP) is 2.67. The molecule has 0 aliphatic carbocycles. The number of aliphatic hydroxyl groups excluding tert-OH is 1. The van der Waals surface area contributed by atoms with Gasteiger partial charge in [0.15, 0.2) is 0 Å². The minimum Gasteiger partial charge on any atom is -0.396 e. The van der Waals surface area contributed by atoms with E-state index in [2.05, 4.69) is 24.3 Å².